The molecule has 56 heavy (non-hydrogen) atoms. The summed E-state index contributed by atoms with van der Waals surface area (Å²) in [5.74, 6) is -0.854. The molecule has 0 saturated carbocycles. The van der Waals surface area contributed by atoms with Gasteiger partial charge in [-0.15, -0.1) is 21.5 Å². The first kappa shape index (κ1) is 40.6. The van der Waals surface area contributed by atoms with Crippen molar-refractivity contribution in [1.29, 1.82) is 0 Å². The number of nitrogens with one attached hydrogen (secondary N) is 2. The summed E-state index contributed by atoms with van der Waals surface area (Å²) >= 11 is 1.59. The number of carbonyl (C=O) groups excluding carboxylic acids is 3. The number of likely N-dealkylation sites (tertiary alicyclic amines) is 1. The number of halogens is 3. The number of aryl methyl sites for hydroxylation is 1. The first-order valence-corrected chi connectivity index (χ1v) is 19.6. The number of nitrogens with two attached hydrogens (primary N) is 1. The molecule has 0 radical (unpaired) electrons. The van der Waals surface area contributed by atoms with E-state index in [0.29, 0.717) is 51.1 Å². The molecule has 12 nitrogen and oxygen atoms in total. The Bertz CT molecular complexity index is 2030. The van der Waals surface area contributed by atoms with Gasteiger partial charge < -0.3 is 26.2 Å². The fraction of sp³-hybridized carbons (Fsp3) is 0.450. The third kappa shape index (κ3) is 9.29. The summed E-state index contributed by atoms with van der Waals surface area (Å²) in [5.41, 5.74) is 10.5. The van der Waals surface area contributed by atoms with E-state index < -0.39 is 29.4 Å². The van der Waals surface area contributed by atoms with E-state index in [0.717, 1.165) is 33.5 Å². The molecule has 16 heteroatoms. The number of carbonyl (C=O) groups is 3. The maximum absolute atomic E-state index is 14.1. The van der Waals surface area contributed by atoms with Crippen LogP contribution in [0.1, 0.15) is 63.5 Å². The minimum Gasteiger partial charge on any atom is -0.382 e. The van der Waals surface area contributed by atoms with Gasteiger partial charge in [-0.3, -0.25) is 19.3 Å². The lowest BCUT2D eigenvalue weighted by atomic mass is 9.85. The van der Waals surface area contributed by atoms with Crippen molar-refractivity contribution in [2.45, 2.75) is 71.8 Å². The minimum atomic E-state index is -4.64. The molecule has 2 aromatic heterocycles. The monoisotopic (exact) mass is 791 g/mol. The summed E-state index contributed by atoms with van der Waals surface area (Å²) < 4.78 is 39.6. The molecule has 0 bridgehead atoms. The fourth-order valence-electron chi connectivity index (χ4n) is 7.21. The van der Waals surface area contributed by atoms with Crippen LogP contribution in [0.25, 0.3) is 21.6 Å². The van der Waals surface area contributed by atoms with Gasteiger partial charge in [-0.1, -0.05) is 57.2 Å². The zero-order valence-electron chi connectivity index (χ0n) is 32.2. The van der Waals surface area contributed by atoms with Gasteiger partial charge in [0, 0.05) is 44.0 Å². The number of thiazole rings is 1. The maximum Gasteiger partial charge on any atom is 0.435 e. The van der Waals surface area contributed by atoms with E-state index in [1.807, 2.05) is 81.4 Å². The van der Waals surface area contributed by atoms with Gasteiger partial charge in [-0.25, -0.2) is 4.98 Å². The maximum atomic E-state index is 14.1. The molecule has 298 valence electrons. The lowest BCUT2D eigenvalue weighted by molar-refractivity contribution is -0.144. The molecule has 2 fully saturated rings. The zero-order chi connectivity index (χ0) is 40.4. The first-order valence-electron chi connectivity index (χ1n) is 18.7. The predicted molar refractivity (Wildman–Crippen MR) is 211 cm³/mol. The summed E-state index contributed by atoms with van der Waals surface area (Å²) in [6.07, 6.45) is -3.41. The third-order valence-corrected chi connectivity index (χ3v) is 11.4. The van der Waals surface area contributed by atoms with E-state index in [4.69, 9.17) is 5.73 Å². The molecular weight excluding hydrogens is 744 g/mol. The van der Waals surface area contributed by atoms with E-state index in [-0.39, 0.29) is 41.7 Å². The molecule has 3 amide bonds. The van der Waals surface area contributed by atoms with Gasteiger partial charge in [0.1, 0.15) is 12.1 Å². The molecule has 6 rings (SSSR count). The van der Waals surface area contributed by atoms with Crippen molar-refractivity contribution in [3.05, 3.63) is 77.1 Å². The van der Waals surface area contributed by atoms with Crippen LogP contribution in [0.5, 0.6) is 0 Å². The molecule has 2 aliphatic rings. The van der Waals surface area contributed by atoms with E-state index in [2.05, 4.69) is 30.7 Å². The highest BCUT2D eigenvalue weighted by Gasteiger charge is 2.42. The second-order valence-electron chi connectivity index (χ2n) is 15.5. The molecular formula is C40H48F3N9O3S. The Hall–Kier alpha value is -5.09. The number of nitrogens with zero attached hydrogens (tertiary/aromatic N) is 6. The Morgan fingerprint density at radius 2 is 1.59 bits per heavy atom. The van der Waals surface area contributed by atoms with Crippen LogP contribution in [0.3, 0.4) is 0 Å². The summed E-state index contributed by atoms with van der Waals surface area (Å²) in [4.78, 5) is 52.4. The number of aromatic nitrogens is 3. The number of hydrogen-bond donors (Lipinski definition) is 3. The highest BCUT2D eigenvalue weighted by atomic mass is 32.1. The van der Waals surface area contributed by atoms with Crippen LogP contribution >= 0.6 is 11.3 Å². The van der Waals surface area contributed by atoms with Crippen molar-refractivity contribution in [2.75, 3.05) is 49.9 Å². The second-order valence-corrected chi connectivity index (χ2v) is 16.4. The lowest BCUT2D eigenvalue weighted by Gasteiger charge is -2.38. The van der Waals surface area contributed by atoms with Gasteiger partial charge in [-0.05, 0) is 67.0 Å². The number of piperazine rings is 1. The highest BCUT2D eigenvalue weighted by molar-refractivity contribution is 7.13. The van der Waals surface area contributed by atoms with Gasteiger partial charge in [0.2, 0.25) is 17.7 Å². The van der Waals surface area contributed by atoms with E-state index in [1.165, 1.54) is 0 Å². The minimum absolute atomic E-state index is 0.0929. The molecule has 2 aliphatic heterocycles. The van der Waals surface area contributed by atoms with E-state index in [1.54, 1.807) is 28.4 Å². The number of anilines is 2. The summed E-state index contributed by atoms with van der Waals surface area (Å²) in [5, 5.41) is 12.8. The second kappa shape index (κ2) is 16.6. The summed E-state index contributed by atoms with van der Waals surface area (Å²) in [6.45, 7) is 12.5. The number of benzene rings is 2. The molecule has 3 unspecified atom stereocenters. The van der Waals surface area contributed by atoms with E-state index >= 15 is 0 Å². The van der Waals surface area contributed by atoms with Crippen molar-refractivity contribution < 1.29 is 27.6 Å². The molecule has 2 aromatic carbocycles. The van der Waals surface area contributed by atoms with Crippen molar-refractivity contribution in [1.82, 2.24) is 35.6 Å². The zero-order valence-corrected chi connectivity index (χ0v) is 33.0. The predicted octanol–water partition coefficient (Wildman–Crippen LogP) is 5.70. The first-order chi connectivity index (χ1) is 26.5. The van der Waals surface area contributed by atoms with Gasteiger partial charge >= 0.3 is 6.18 Å². The largest absolute Gasteiger partial charge is 0.435 e. The smallest absolute Gasteiger partial charge is 0.382 e. The molecule has 0 spiro atoms. The molecule has 4 N–H and O–H groups in total. The number of hydrogen-bond acceptors (Lipinski definition) is 10. The number of nitrogen functional groups attached to an aromatic ring is 1. The molecule has 3 atom stereocenters. The average Bonchev–Trinajstić information content (AvgIpc) is 3.83. The standard InChI is InChI=1S/C40H48F3N9O3S/c1-24(26-8-10-28(11-9-26)34-25(2)45-23-56-34)46-37(54)31-7-6-16-52(31)38(55)35(39(3,4)5)47-33(53)22-50-17-19-51(20-18-50)29-14-12-27(13-15-29)30-21-32(40(41,42)43)48-49-36(30)44/h8-15,21,23-24,31,35H,6-7,16-20,22H2,1-5H3,(H2,44,49)(H,46,54)(H,47,53). The molecule has 2 saturated heterocycles. The van der Waals surface area contributed by atoms with Gasteiger partial charge in [0.15, 0.2) is 11.5 Å². The molecule has 4 heterocycles. The van der Waals surface area contributed by atoms with Gasteiger partial charge in [0.25, 0.3) is 0 Å². The van der Waals surface area contributed by atoms with Crippen molar-refractivity contribution in [3.63, 3.8) is 0 Å². The molecule has 4 aromatic rings. The Labute approximate surface area is 328 Å². The number of rotatable bonds is 10. The average molecular weight is 792 g/mol. The van der Waals surface area contributed by atoms with Crippen molar-refractivity contribution >= 4 is 40.6 Å². The SMILES string of the molecule is Cc1ncsc1-c1ccc(C(C)NC(=O)C2CCCN2C(=O)C(NC(=O)CN2CCN(c3ccc(-c4cc(C(F)(F)F)nnc4N)cc3)CC2)C(C)(C)C)cc1. The third-order valence-electron chi connectivity index (χ3n) is 10.4. The lowest BCUT2D eigenvalue weighted by Crippen LogP contribution is -2.59. The highest BCUT2D eigenvalue weighted by Crippen LogP contribution is 2.34. The number of alkyl halides is 3. The van der Waals surface area contributed by atoms with E-state index in [9.17, 15) is 27.6 Å². The molecule has 0 aliphatic carbocycles. The van der Waals surface area contributed by atoms with Crippen LogP contribution in [0.15, 0.2) is 60.1 Å². The van der Waals surface area contributed by atoms with Crippen molar-refractivity contribution in [3.8, 4) is 21.6 Å². The number of amides is 3. The van der Waals surface area contributed by atoms with Crippen LogP contribution in [-0.4, -0.2) is 94.1 Å². The van der Waals surface area contributed by atoms with Crippen LogP contribution in [0.2, 0.25) is 0 Å². The topological polar surface area (TPSA) is 150 Å². The van der Waals surface area contributed by atoms with Crippen molar-refractivity contribution in [2.24, 2.45) is 5.41 Å². The van der Waals surface area contributed by atoms with Crippen LogP contribution in [0, 0.1) is 12.3 Å². The quantitative estimate of drug-likeness (QED) is 0.184. The van der Waals surface area contributed by atoms with Gasteiger partial charge in [-0.2, -0.15) is 13.2 Å². The fourth-order valence-corrected chi connectivity index (χ4v) is 8.02. The Morgan fingerprint density at radius 3 is 2.20 bits per heavy atom. The Kier molecular flexibility index (Phi) is 12.0. The normalized spacial score (nSPS) is 17.8. The summed E-state index contributed by atoms with van der Waals surface area (Å²) in [7, 11) is 0. The van der Waals surface area contributed by atoms with Crippen LogP contribution in [-0.2, 0) is 20.6 Å². The van der Waals surface area contributed by atoms with Crippen LogP contribution < -0.4 is 21.3 Å². The van der Waals surface area contributed by atoms with Crippen LogP contribution in [0.4, 0.5) is 24.7 Å². The summed E-state index contributed by atoms with van der Waals surface area (Å²) in [6, 6.07) is 14.3. The van der Waals surface area contributed by atoms with Gasteiger partial charge in [0.05, 0.1) is 28.7 Å². The Morgan fingerprint density at radius 1 is 0.929 bits per heavy atom. The Balaban J connectivity index is 1.02.